The zero-order chi connectivity index (χ0) is 18.7. The van der Waals surface area contributed by atoms with E-state index in [2.05, 4.69) is 5.16 Å². The van der Waals surface area contributed by atoms with E-state index < -0.39 is 5.91 Å². The second-order valence-corrected chi connectivity index (χ2v) is 6.03. The number of benzene rings is 2. The first-order valence-corrected chi connectivity index (χ1v) is 8.11. The molecule has 0 saturated heterocycles. The van der Waals surface area contributed by atoms with Crippen molar-refractivity contribution in [2.24, 2.45) is 5.73 Å². The van der Waals surface area contributed by atoms with Gasteiger partial charge in [-0.05, 0) is 55.5 Å². The molecule has 0 aliphatic carbocycles. The van der Waals surface area contributed by atoms with Crippen LogP contribution >= 0.6 is 11.6 Å². The number of amides is 1. The van der Waals surface area contributed by atoms with Crippen LogP contribution in [0.2, 0.25) is 5.02 Å². The number of hydrogen-bond acceptors (Lipinski definition) is 5. The molecule has 132 valence electrons. The normalized spacial score (nSPS) is 11.4. The Morgan fingerprint density at radius 1 is 1.15 bits per heavy atom. The minimum absolute atomic E-state index is 0.135. The summed E-state index contributed by atoms with van der Waals surface area (Å²) in [6.45, 7) is 1.73. The second-order valence-electron chi connectivity index (χ2n) is 5.59. The first-order valence-electron chi connectivity index (χ1n) is 7.73. The average molecular weight is 370 g/mol. The monoisotopic (exact) mass is 369 g/mol. The van der Waals surface area contributed by atoms with Gasteiger partial charge in [0.05, 0.1) is 5.57 Å². The first-order chi connectivity index (χ1) is 12.4. The summed E-state index contributed by atoms with van der Waals surface area (Å²) in [5, 5.41) is 14.0. The SMILES string of the molecule is Cc1cc(/C(=C/N(c2ccc(O)cc2)c2ccc(Cl)cc2)C(N)=O)no1. The molecule has 1 amide bonds. The van der Waals surface area contributed by atoms with Crippen molar-refractivity contribution >= 4 is 34.5 Å². The van der Waals surface area contributed by atoms with Crippen LogP contribution in [0.5, 0.6) is 5.75 Å². The summed E-state index contributed by atoms with van der Waals surface area (Å²) in [6, 6.07) is 15.3. The van der Waals surface area contributed by atoms with E-state index in [9.17, 15) is 9.90 Å². The van der Waals surface area contributed by atoms with Crippen LogP contribution in [0.25, 0.3) is 5.57 Å². The summed E-state index contributed by atoms with van der Waals surface area (Å²) in [4.78, 5) is 13.7. The number of aromatic nitrogens is 1. The number of carbonyl (C=O) groups is 1. The average Bonchev–Trinajstić information content (AvgIpc) is 3.04. The molecule has 3 N–H and O–H groups in total. The Balaban J connectivity index is 2.13. The number of phenols is 1. The van der Waals surface area contributed by atoms with Crippen molar-refractivity contribution in [1.82, 2.24) is 5.16 Å². The maximum atomic E-state index is 12.0. The van der Waals surface area contributed by atoms with Crippen molar-refractivity contribution in [1.29, 1.82) is 0 Å². The summed E-state index contributed by atoms with van der Waals surface area (Å²) in [5.41, 5.74) is 7.54. The van der Waals surface area contributed by atoms with Gasteiger partial charge in [0, 0.05) is 28.7 Å². The molecule has 0 aliphatic rings. The minimum atomic E-state index is -0.643. The van der Waals surface area contributed by atoms with Crippen molar-refractivity contribution < 1.29 is 14.4 Å². The molecule has 1 heterocycles. The second kappa shape index (κ2) is 7.33. The number of aryl methyl sites for hydroxylation is 1. The highest BCUT2D eigenvalue weighted by Gasteiger charge is 2.17. The number of phenolic OH excluding ortho intramolecular Hbond substituents is 1. The van der Waals surface area contributed by atoms with Gasteiger partial charge in [-0.3, -0.25) is 4.79 Å². The van der Waals surface area contributed by atoms with Crippen LogP contribution in [-0.2, 0) is 4.79 Å². The van der Waals surface area contributed by atoms with Crippen LogP contribution in [0, 0.1) is 6.92 Å². The molecular formula is C19H16ClN3O3. The highest BCUT2D eigenvalue weighted by atomic mass is 35.5. The Hall–Kier alpha value is -3.25. The van der Waals surface area contributed by atoms with Gasteiger partial charge in [-0.2, -0.15) is 0 Å². The van der Waals surface area contributed by atoms with Gasteiger partial charge >= 0.3 is 0 Å². The third-order valence-electron chi connectivity index (χ3n) is 3.66. The molecule has 1 aromatic heterocycles. The third kappa shape index (κ3) is 3.87. The summed E-state index contributed by atoms with van der Waals surface area (Å²) in [5.74, 6) is 0.0573. The number of carbonyl (C=O) groups excluding carboxylic acids is 1. The van der Waals surface area contributed by atoms with E-state index >= 15 is 0 Å². The van der Waals surface area contributed by atoms with Crippen LogP contribution in [0.15, 0.2) is 65.3 Å². The molecule has 0 unspecified atom stereocenters. The number of anilines is 2. The quantitative estimate of drug-likeness (QED) is 0.663. The van der Waals surface area contributed by atoms with E-state index in [1.54, 1.807) is 72.6 Å². The molecule has 0 aliphatic heterocycles. The van der Waals surface area contributed by atoms with E-state index in [4.69, 9.17) is 21.9 Å². The van der Waals surface area contributed by atoms with Crippen LogP contribution in [-0.4, -0.2) is 16.2 Å². The van der Waals surface area contributed by atoms with Gasteiger partial charge < -0.3 is 20.3 Å². The van der Waals surface area contributed by atoms with Gasteiger partial charge in [-0.15, -0.1) is 0 Å². The predicted molar refractivity (Wildman–Crippen MR) is 100 cm³/mol. The topological polar surface area (TPSA) is 92.6 Å². The predicted octanol–water partition coefficient (Wildman–Crippen LogP) is 4.01. The molecule has 0 spiro atoms. The van der Waals surface area contributed by atoms with Gasteiger partial charge in [-0.1, -0.05) is 16.8 Å². The van der Waals surface area contributed by atoms with E-state index in [1.165, 1.54) is 0 Å². The number of rotatable bonds is 5. The summed E-state index contributed by atoms with van der Waals surface area (Å²) >= 11 is 5.97. The first kappa shape index (κ1) is 17.6. The zero-order valence-electron chi connectivity index (χ0n) is 13.9. The molecule has 0 saturated carbocycles. The lowest BCUT2D eigenvalue weighted by atomic mass is 10.1. The Kier molecular flexibility index (Phi) is 4.95. The Bertz CT molecular complexity index is 901. The molecule has 3 aromatic rings. The minimum Gasteiger partial charge on any atom is -0.508 e. The largest absolute Gasteiger partial charge is 0.508 e. The molecule has 26 heavy (non-hydrogen) atoms. The van der Waals surface area contributed by atoms with Crippen molar-refractivity contribution in [3.05, 3.63) is 77.3 Å². The number of hydrogen-bond donors (Lipinski definition) is 2. The molecule has 6 nitrogen and oxygen atoms in total. The van der Waals surface area contributed by atoms with Crippen molar-refractivity contribution in [3.8, 4) is 5.75 Å². The lowest BCUT2D eigenvalue weighted by Gasteiger charge is -2.22. The van der Waals surface area contributed by atoms with Crippen LogP contribution < -0.4 is 10.6 Å². The molecule has 7 heteroatoms. The van der Waals surface area contributed by atoms with Crippen molar-refractivity contribution in [2.45, 2.75) is 6.92 Å². The fraction of sp³-hybridized carbons (Fsp3) is 0.0526. The highest BCUT2D eigenvalue weighted by molar-refractivity contribution is 6.30. The smallest absolute Gasteiger partial charge is 0.252 e. The van der Waals surface area contributed by atoms with E-state index in [0.717, 1.165) is 5.69 Å². The van der Waals surface area contributed by atoms with Gasteiger partial charge in [0.15, 0.2) is 0 Å². The van der Waals surface area contributed by atoms with Crippen molar-refractivity contribution in [2.75, 3.05) is 4.90 Å². The number of nitrogens with zero attached hydrogens (tertiary/aromatic N) is 2. The fourth-order valence-electron chi connectivity index (χ4n) is 2.39. The molecular weight excluding hydrogens is 354 g/mol. The Morgan fingerprint density at radius 3 is 2.23 bits per heavy atom. The van der Waals surface area contributed by atoms with Crippen LogP contribution in [0.1, 0.15) is 11.5 Å². The van der Waals surface area contributed by atoms with Crippen molar-refractivity contribution in [3.63, 3.8) is 0 Å². The van der Waals surface area contributed by atoms with Gasteiger partial charge in [0.2, 0.25) is 0 Å². The number of aromatic hydroxyl groups is 1. The van der Waals surface area contributed by atoms with Gasteiger partial charge in [0.25, 0.3) is 5.91 Å². The van der Waals surface area contributed by atoms with Gasteiger partial charge in [0.1, 0.15) is 17.2 Å². The van der Waals surface area contributed by atoms with Crippen LogP contribution in [0.3, 0.4) is 0 Å². The third-order valence-corrected chi connectivity index (χ3v) is 3.91. The van der Waals surface area contributed by atoms with E-state index in [0.29, 0.717) is 22.2 Å². The number of halogens is 1. The van der Waals surface area contributed by atoms with E-state index in [1.807, 2.05) is 0 Å². The molecule has 0 radical (unpaired) electrons. The molecule has 0 bridgehead atoms. The van der Waals surface area contributed by atoms with Gasteiger partial charge in [-0.25, -0.2) is 0 Å². The van der Waals surface area contributed by atoms with Crippen LogP contribution in [0.4, 0.5) is 11.4 Å². The maximum Gasteiger partial charge on any atom is 0.252 e. The molecule has 3 rings (SSSR count). The lowest BCUT2D eigenvalue weighted by molar-refractivity contribution is -0.112. The molecule has 0 fully saturated rings. The number of primary amides is 1. The standard InChI is InChI=1S/C19H16ClN3O3/c1-12-10-18(22-26-12)17(19(21)25)11-23(14-4-2-13(20)3-5-14)15-6-8-16(24)9-7-15/h2-11,24H,1H3,(H2,21,25)/b17-11-. The number of nitrogens with two attached hydrogens (primary N) is 1. The highest BCUT2D eigenvalue weighted by Crippen LogP contribution is 2.30. The lowest BCUT2D eigenvalue weighted by Crippen LogP contribution is -2.18. The summed E-state index contributed by atoms with van der Waals surface area (Å²) in [7, 11) is 0. The maximum absolute atomic E-state index is 12.0. The summed E-state index contributed by atoms with van der Waals surface area (Å²) < 4.78 is 5.05. The zero-order valence-corrected chi connectivity index (χ0v) is 14.6. The summed E-state index contributed by atoms with van der Waals surface area (Å²) in [6.07, 6.45) is 1.58. The Morgan fingerprint density at radius 2 is 1.73 bits per heavy atom. The van der Waals surface area contributed by atoms with E-state index in [-0.39, 0.29) is 11.3 Å². The Labute approximate surface area is 155 Å². The fourth-order valence-corrected chi connectivity index (χ4v) is 2.52. The molecule has 2 aromatic carbocycles. The molecule has 0 atom stereocenters.